The summed E-state index contributed by atoms with van der Waals surface area (Å²) in [6.07, 6.45) is 2.75. The van der Waals surface area contributed by atoms with Crippen LogP contribution in [-0.4, -0.2) is 37.9 Å². The van der Waals surface area contributed by atoms with E-state index in [4.69, 9.17) is 0 Å². The number of carbonyl (C=O) groups excluding carboxylic acids is 1. The molecule has 0 bridgehead atoms. The average molecular weight is 409 g/mol. The molecule has 1 amide bonds. The first-order valence-electron chi connectivity index (χ1n) is 10.0. The van der Waals surface area contributed by atoms with Crippen molar-refractivity contribution in [1.29, 1.82) is 0 Å². The predicted octanol–water partition coefficient (Wildman–Crippen LogP) is 3.53. The van der Waals surface area contributed by atoms with Crippen LogP contribution in [0.3, 0.4) is 0 Å². The van der Waals surface area contributed by atoms with Crippen molar-refractivity contribution < 1.29 is 14.7 Å². The quantitative estimate of drug-likeness (QED) is 0.556. The molecule has 0 saturated heterocycles. The van der Waals surface area contributed by atoms with Crippen LogP contribution in [0.25, 0.3) is 5.65 Å². The smallest absolute Gasteiger partial charge is 0.326 e. The van der Waals surface area contributed by atoms with Crippen molar-refractivity contribution in [3.05, 3.63) is 65.5 Å². The molecule has 30 heavy (non-hydrogen) atoms. The number of aromatic nitrogens is 2. The van der Waals surface area contributed by atoms with Crippen LogP contribution in [0.5, 0.6) is 0 Å². The Bertz CT molecular complexity index is 1050. The maximum absolute atomic E-state index is 12.8. The average Bonchev–Trinajstić information content (AvgIpc) is 3.03. The first kappa shape index (κ1) is 21.4. The minimum atomic E-state index is -1.07. The Morgan fingerprint density at radius 3 is 2.47 bits per heavy atom. The normalized spacial score (nSPS) is 12.5. The molecule has 3 N–H and O–H groups in total. The Labute approximate surface area is 176 Å². The standard InChI is InChI=1S/C23H28N4O3/c1-5-17-20(26-23(2,3)4)27-12-11-16(14-19(27)24-17)21(28)25-18(22(29)30)13-15-9-7-6-8-10-15/h6-12,14,18,26H,5,13H2,1-4H3,(H,25,28)(H,29,30). The van der Waals surface area contributed by atoms with Crippen molar-refractivity contribution in [2.45, 2.75) is 52.1 Å². The summed E-state index contributed by atoms with van der Waals surface area (Å²) < 4.78 is 1.92. The zero-order chi connectivity index (χ0) is 21.9. The molecule has 0 aliphatic rings. The highest BCUT2D eigenvalue weighted by atomic mass is 16.4. The van der Waals surface area contributed by atoms with Crippen LogP contribution in [0.15, 0.2) is 48.7 Å². The van der Waals surface area contributed by atoms with E-state index >= 15 is 0 Å². The third kappa shape index (κ3) is 4.97. The van der Waals surface area contributed by atoms with Gasteiger partial charge in [0, 0.05) is 23.7 Å². The van der Waals surface area contributed by atoms with E-state index in [0.717, 1.165) is 23.5 Å². The number of nitrogens with one attached hydrogen (secondary N) is 2. The van der Waals surface area contributed by atoms with Crippen molar-refractivity contribution >= 4 is 23.3 Å². The van der Waals surface area contributed by atoms with Crippen molar-refractivity contribution in [3.8, 4) is 0 Å². The lowest BCUT2D eigenvalue weighted by molar-refractivity contribution is -0.139. The van der Waals surface area contributed by atoms with Crippen molar-refractivity contribution in [2.75, 3.05) is 5.32 Å². The minimum Gasteiger partial charge on any atom is -0.480 e. The van der Waals surface area contributed by atoms with Crippen LogP contribution < -0.4 is 10.6 Å². The highest BCUT2D eigenvalue weighted by Crippen LogP contribution is 2.23. The van der Waals surface area contributed by atoms with Gasteiger partial charge >= 0.3 is 5.97 Å². The van der Waals surface area contributed by atoms with Gasteiger partial charge in [-0.25, -0.2) is 9.78 Å². The molecule has 0 saturated carbocycles. The van der Waals surface area contributed by atoms with Crippen molar-refractivity contribution in [3.63, 3.8) is 0 Å². The lowest BCUT2D eigenvalue weighted by Gasteiger charge is -2.22. The van der Waals surface area contributed by atoms with Gasteiger partial charge in [0.15, 0.2) is 0 Å². The largest absolute Gasteiger partial charge is 0.480 e. The Hall–Kier alpha value is -3.35. The van der Waals surface area contributed by atoms with Gasteiger partial charge in [-0.3, -0.25) is 9.20 Å². The number of rotatable bonds is 7. The summed E-state index contributed by atoms with van der Waals surface area (Å²) in [5.41, 5.74) is 2.63. The van der Waals surface area contributed by atoms with Gasteiger partial charge in [0.25, 0.3) is 5.91 Å². The van der Waals surface area contributed by atoms with Crippen LogP contribution in [0.2, 0.25) is 0 Å². The molecule has 1 unspecified atom stereocenters. The van der Waals surface area contributed by atoms with E-state index in [-0.39, 0.29) is 12.0 Å². The van der Waals surface area contributed by atoms with Crippen molar-refractivity contribution in [2.24, 2.45) is 0 Å². The molecule has 0 fully saturated rings. The Morgan fingerprint density at radius 1 is 1.17 bits per heavy atom. The second-order valence-electron chi connectivity index (χ2n) is 8.33. The van der Waals surface area contributed by atoms with Crippen LogP contribution in [0.4, 0.5) is 5.82 Å². The minimum absolute atomic E-state index is 0.137. The second kappa shape index (κ2) is 8.57. The molecule has 0 aliphatic heterocycles. The van der Waals surface area contributed by atoms with E-state index < -0.39 is 17.9 Å². The number of fused-ring (bicyclic) bond motifs is 1. The van der Waals surface area contributed by atoms with Gasteiger partial charge in [0.1, 0.15) is 17.5 Å². The predicted molar refractivity (Wildman–Crippen MR) is 117 cm³/mol. The van der Waals surface area contributed by atoms with Gasteiger partial charge in [-0.1, -0.05) is 37.3 Å². The summed E-state index contributed by atoms with van der Waals surface area (Å²) in [6.45, 7) is 8.26. The zero-order valence-electron chi connectivity index (χ0n) is 17.8. The molecule has 1 atom stereocenters. The molecule has 0 spiro atoms. The summed E-state index contributed by atoms with van der Waals surface area (Å²) in [5.74, 6) is -0.606. The number of aliphatic carboxylic acids is 1. The van der Waals surface area contributed by atoms with Crippen LogP contribution in [0.1, 0.15) is 49.3 Å². The number of carbonyl (C=O) groups is 2. The lowest BCUT2D eigenvalue weighted by Crippen LogP contribution is -2.42. The molecule has 0 radical (unpaired) electrons. The van der Waals surface area contributed by atoms with E-state index in [1.54, 1.807) is 18.3 Å². The number of anilines is 1. The highest BCUT2D eigenvalue weighted by molar-refractivity contribution is 5.97. The number of pyridine rings is 1. The number of carboxylic acids is 1. The van der Waals surface area contributed by atoms with E-state index in [1.165, 1.54) is 0 Å². The molecule has 0 aliphatic carbocycles. The third-order valence-electron chi connectivity index (χ3n) is 4.67. The topological polar surface area (TPSA) is 95.7 Å². The summed E-state index contributed by atoms with van der Waals surface area (Å²) in [4.78, 5) is 29.1. The number of nitrogens with zero attached hydrogens (tertiary/aromatic N) is 2. The fourth-order valence-electron chi connectivity index (χ4n) is 3.26. The second-order valence-corrected chi connectivity index (χ2v) is 8.33. The monoisotopic (exact) mass is 408 g/mol. The van der Waals surface area contributed by atoms with Crippen LogP contribution in [-0.2, 0) is 17.6 Å². The summed E-state index contributed by atoms with van der Waals surface area (Å²) >= 11 is 0. The number of benzene rings is 1. The molecular formula is C23H28N4O3. The van der Waals surface area contributed by atoms with E-state index in [9.17, 15) is 14.7 Å². The number of hydrogen-bond acceptors (Lipinski definition) is 4. The zero-order valence-corrected chi connectivity index (χ0v) is 17.8. The molecule has 7 nitrogen and oxygen atoms in total. The molecule has 3 rings (SSSR count). The fourth-order valence-corrected chi connectivity index (χ4v) is 3.26. The highest BCUT2D eigenvalue weighted by Gasteiger charge is 2.22. The molecule has 1 aromatic carbocycles. The molecule has 158 valence electrons. The first-order chi connectivity index (χ1) is 14.2. The number of hydrogen-bond donors (Lipinski definition) is 3. The van der Waals surface area contributed by atoms with Crippen LogP contribution in [0, 0.1) is 0 Å². The number of imidazole rings is 1. The third-order valence-corrected chi connectivity index (χ3v) is 4.67. The molecular weight excluding hydrogens is 380 g/mol. The fraction of sp³-hybridized carbons (Fsp3) is 0.348. The number of aryl methyl sites for hydroxylation is 1. The maximum atomic E-state index is 12.8. The Morgan fingerprint density at radius 2 is 1.87 bits per heavy atom. The molecule has 2 aromatic heterocycles. The summed E-state index contributed by atoms with van der Waals surface area (Å²) in [5, 5.41) is 15.6. The van der Waals surface area contributed by atoms with Gasteiger partial charge in [-0.2, -0.15) is 0 Å². The van der Waals surface area contributed by atoms with E-state index in [0.29, 0.717) is 11.2 Å². The molecule has 2 heterocycles. The van der Waals surface area contributed by atoms with Gasteiger partial charge in [0.05, 0.1) is 5.69 Å². The van der Waals surface area contributed by atoms with E-state index in [1.807, 2.05) is 41.7 Å². The van der Waals surface area contributed by atoms with Gasteiger partial charge < -0.3 is 15.7 Å². The maximum Gasteiger partial charge on any atom is 0.326 e. The summed E-state index contributed by atoms with van der Waals surface area (Å²) in [6, 6.07) is 11.6. The first-order valence-corrected chi connectivity index (χ1v) is 10.0. The van der Waals surface area contributed by atoms with E-state index in [2.05, 4.69) is 36.4 Å². The Kier molecular flexibility index (Phi) is 6.10. The number of amides is 1. The Balaban J connectivity index is 1.84. The number of carboxylic acid groups (broad SMARTS) is 1. The summed E-state index contributed by atoms with van der Waals surface area (Å²) in [7, 11) is 0. The molecule has 7 heteroatoms. The van der Waals surface area contributed by atoms with Crippen LogP contribution >= 0.6 is 0 Å². The molecule has 3 aromatic rings. The van der Waals surface area contributed by atoms with Gasteiger partial charge in [0.2, 0.25) is 0 Å². The van der Waals surface area contributed by atoms with Crippen molar-refractivity contribution in [1.82, 2.24) is 14.7 Å². The SMILES string of the molecule is CCc1nc2cc(C(=O)NC(Cc3ccccc3)C(=O)O)ccn2c1NC(C)(C)C. The van der Waals surface area contributed by atoms with Gasteiger partial charge in [-0.15, -0.1) is 0 Å². The van der Waals surface area contributed by atoms with Gasteiger partial charge in [-0.05, 0) is 44.9 Å². The lowest BCUT2D eigenvalue weighted by atomic mass is 10.1.